The standard InChI is InChI=1S/C18H23N3O2S/c1-19-10-13-6-5-9-21(11-13)18(22)15-12-24-17(20-15)14-7-3-4-8-16(14)23-2/h3-4,7-8,12-13,19H,5-6,9-11H2,1-2H3. The van der Waals surface area contributed by atoms with Crippen LogP contribution in [-0.2, 0) is 0 Å². The normalized spacial score (nSPS) is 17.8. The lowest BCUT2D eigenvalue weighted by Gasteiger charge is -2.32. The summed E-state index contributed by atoms with van der Waals surface area (Å²) in [5, 5.41) is 5.88. The van der Waals surface area contributed by atoms with Crippen molar-refractivity contribution in [3.63, 3.8) is 0 Å². The number of methoxy groups -OCH3 is 1. The Balaban J connectivity index is 1.76. The van der Waals surface area contributed by atoms with E-state index < -0.39 is 0 Å². The van der Waals surface area contributed by atoms with Gasteiger partial charge in [-0.1, -0.05) is 12.1 Å². The molecule has 5 nitrogen and oxygen atoms in total. The Morgan fingerprint density at radius 2 is 2.29 bits per heavy atom. The summed E-state index contributed by atoms with van der Waals surface area (Å²) in [6, 6.07) is 7.76. The van der Waals surface area contributed by atoms with Gasteiger partial charge in [-0.2, -0.15) is 0 Å². The second kappa shape index (κ2) is 7.77. The molecule has 0 radical (unpaired) electrons. The Kier molecular flexibility index (Phi) is 5.48. The van der Waals surface area contributed by atoms with E-state index in [0.29, 0.717) is 11.6 Å². The number of carbonyl (C=O) groups excluding carboxylic acids is 1. The quantitative estimate of drug-likeness (QED) is 0.905. The molecule has 1 N–H and O–H groups in total. The fourth-order valence-electron chi connectivity index (χ4n) is 3.18. The van der Waals surface area contributed by atoms with Gasteiger partial charge in [0.1, 0.15) is 16.5 Å². The minimum atomic E-state index is 0.0354. The van der Waals surface area contributed by atoms with Crippen LogP contribution in [0.25, 0.3) is 10.6 Å². The van der Waals surface area contributed by atoms with Crippen molar-refractivity contribution in [2.24, 2.45) is 5.92 Å². The Bertz CT molecular complexity index is 699. The van der Waals surface area contributed by atoms with Crippen molar-refractivity contribution < 1.29 is 9.53 Å². The van der Waals surface area contributed by atoms with Crippen LogP contribution in [0.2, 0.25) is 0 Å². The minimum Gasteiger partial charge on any atom is -0.496 e. The number of nitrogens with one attached hydrogen (secondary N) is 1. The molecule has 1 atom stereocenters. The molecule has 1 fully saturated rings. The highest BCUT2D eigenvalue weighted by atomic mass is 32.1. The number of carbonyl (C=O) groups is 1. The van der Waals surface area contributed by atoms with Crippen LogP contribution in [0.15, 0.2) is 29.6 Å². The molecular formula is C18H23N3O2S. The minimum absolute atomic E-state index is 0.0354. The second-order valence-corrected chi connectivity index (χ2v) is 6.91. The number of ether oxygens (including phenoxy) is 1. The fourth-order valence-corrected chi connectivity index (χ4v) is 4.01. The van der Waals surface area contributed by atoms with Gasteiger partial charge < -0.3 is 15.0 Å². The SMILES string of the molecule is CNCC1CCCN(C(=O)c2csc(-c3ccccc3OC)n2)C1. The Morgan fingerprint density at radius 1 is 1.46 bits per heavy atom. The van der Waals surface area contributed by atoms with E-state index in [0.717, 1.165) is 42.4 Å². The predicted octanol–water partition coefficient (Wildman–Crippen LogP) is 2.89. The van der Waals surface area contributed by atoms with E-state index in [4.69, 9.17) is 4.74 Å². The highest BCUT2D eigenvalue weighted by Gasteiger charge is 2.25. The zero-order chi connectivity index (χ0) is 16.9. The number of hydrogen-bond donors (Lipinski definition) is 1. The number of para-hydroxylation sites is 1. The zero-order valence-corrected chi connectivity index (χ0v) is 14.9. The van der Waals surface area contributed by atoms with Crippen molar-refractivity contribution in [3.8, 4) is 16.3 Å². The average molecular weight is 345 g/mol. The van der Waals surface area contributed by atoms with Gasteiger partial charge in [-0.15, -0.1) is 11.3 Å². The van der Waals surface area contributed by atoms with Crippen LogP contribution in [0, 0.1) is 5.92 Å². The van der Waals surface area contributed by atoms with Crippen LogP contribution < -0.4 is 10.1 Å². The number of amides is 1. The van der Waals surface area contributed by atoms with E-state index in [1.54, 1.807) is 7.11 Å². The van der Waals surface area contributed by atoms with E-state index in [-0.39, 0.29) is 5.91 Å². The molecule has 1 amide bonds. The maximum atomic E-state index is 12.8. The van der Waals surface area contributed by atoms with Crippen LogP contribution in [-0.4, -0.2) is 49.6 Å². The molecular weight excluding hydrogens is 322 g/mol. The molecule has 6 heteroatoms. The first-order valence-corrected chi connectivity index (χ1v) is 9.13. The summed E-state index contributed by atoms with van der Waals surface area (Å²) in [7, 11) is 3.61. The summed E-state index contributed by atoms with van der Waals surface area (Å²) >= 11 is 1.48. The Labute approximate surface area is 146 Å². The maximum Gasteiger partial charge on any atom is 0.273 e. The monoisotopic (exact) mass is 345 g/mol. The van der Waals surface area contributed by atoms with E-state index in [1.165, 1.54) is 17.8 Å². The number of rotatable bonds is 5. The molecule has 1 aromatic carbocycles. The highest BCUT2D eigenvalue weighted by Crippen LogP contribution is 2.32. The number of hydrogen-bond acceptors (Lipinski definition) is 5. The number of likely N-dealkylation sites (tertiary alicyclic amines) is 1. The maximum absolute atomic E-state index is 12.8. The van der Waals surface area contributed by atoms with Gasteiger partial charge in [0, 0.05) is 18.5 Å². The van der Waals surface area contributed by atoms with Gasteiger partial charge in [-0.3, -0.25) is 4.79 Å². The first-order chi connectivity index (χ1) is 11.7. The molecule has 1 aromatic heterocycles. The predicted molar refractivity (Wildman–Crippen MR) is 96.7 cm³/mol. The summed E-state index contributed by atoms with van der Waals surface area (Å²) in [5.41, 5.74) is 1.46. The number of nitrogens with zero attached hydrogens (tertiary/aromatic N) is 2. The summed E-state index contributed by atoms with van der Waals surface area (Å²) in [6.07, 6.45) is 2.23. The molecule has 128 valence electrons. The summed E-state index contributed by atoms with van der Waals surface area (Å²) in [5.74, 6) is 1.34. The number of aromatic nitrogens is 1. The summed E-state index contributed by atoms with van der Waals surface area (Å²) < 4.78 is 5.39. The third kappa shape index (κ3) is 3.60. The van der Waals surface area contributed by atoms with Crippen molar-refractivity contribution in [2.75, 3.05) is 33.8 Å². The molecule has 1 saturated heterocycles. The number of piperidine rings is 1. The summed E-state index contributed by atoms with van der Waals surface area (Å²) in [6.45, 7) is 2.58. The van der Waals surface area contributed by atoms with Crippen molar-refractivity contribution in [1.82, 2.24) is 15.2 Å². The van der Waals surface area contributed by atoms with Crippen LogP contribution in [0.1, 0.15) is 23.3 Å². The topological polar surface area (TPSA) is 54.5 Å². The van der Waals surface area contributed by atoms with Gasteiger partial charge in [0.25, 0.3) is 5.91 Å². The van der Waals surface area contributed by atoms with Gasteiger partial charge >= 0.3 is 0 Å². The first kappa shape index (κ1) is 16.9. The van der Waals surface area contributed by atoms with E-state index in [1.807, 2.05) is 41.6 Å². The molecule has 1 unspecified atom stereocenters. The zero-order valence-electron chi connectivity index (χ0n) is 14.1. The van der Waals surface area contributed by atoms with E-state index in [9.17, 15) is 4.79 Å². The lowest BCUT2D eigenvalue weighted by Crippen LogP contribution is -2.42. The van der Waals surface area contributed by atoms with E-state index >= 15 is 0 Å². The van der Waals surface area contributed by atoms with Crippen LogP contribution in [0.3, 0.4) is 0 Å². The highest BCUT2D eigenvalue weighted by molar-refractivity contribution is 7.13. The third-order valence-electron chi connectivity index (χ3n) is 4.36. The third-order valence-corrected chi connectivity index (χ3v) is 5.24. The lowest BCUT2D eigenvalue weighted by molar-refractivity contribution is 0.0669. The second-order valence-electron chi connectivity index (χ2n) is 6.06. The van der Waals surface area contributed by atoms with Crippen LogP contribution >= 0.6 is 11.3 Å². The van der Waals surface area contributed by atoms with Crippen molar-refractivity contribution >= 4 is 17.2 Å². The van der Waals surface area contributed by atoms with Gasteiger partial charge in [-0.25, -0.2) is 4.98 Å². The Morgan fingerprint density at radius 3 is 3.08 bits per heavy atom. The lowest BCUT2D eigenvalue weighted by atomic mass is 9.98. The largest absolute Gasteiger partial charge is 0.496 e. The molecule has 24 heavy (non-hydrogen) atoms. The molecule has 3 rings (SSSR count). The molecule has 0 spiro atoms. The van der Waals surface area contributed by atoms with Gasteiger partial charge in [-0.05, 0) is 44.5 Å². The molecule has 0 bridgehead atoms. The number of thiazole rings is 1. The molecule has 0 aliphatic carbocycles. The average Bonchev–Trinajstić information content (AvgIpc) is 3.11. The first-order valence-electron chi connectivity index (χ1n) is 8.25. The fraction of sp³-hybridized carbons (Fsp3) is 0.444. The van der Waals surface area contributed by atoms with Crippen LogP contribution in [0.5, 0.6) is 5.75 Å². The summed E-state index contributed by atoms with van der Waals surface area (Å²) in [4.78, 5) is 19.3. The molecule has 2 heterocycles. The van der Waals surface area contributed by atoms with Crippen molar-refractivity contribution in [3.05, 3.63) is 35.3 Å². The Hall–Kier alpha value is -1.92. The van der Waals surface area contributed by atoms with Gasteiger partial charge in [0.2, 0.25) is 0 Å². The van der Waals surface area contributed by atoms with Crippen LogP contribution in [0.4, 0.5) is 0 Å². The van der Waals surface area contributed by atoms with Gasteiger partial charge in [0.15, 0.2) is 0 Å². The van der Waals surface area contributed by atoms with E-state index in [2.05, 4.69) is 10.3 Å². The van der Waals surface area contributed by atoms with Gasteiger partial charge in [0.05, 0.1) is 12.7 Å². The molecule has 0 saturated carbocycles. The molecule has 1 aliphatic rings. The van der Waals surface area contributed by atoms with Crippen molar-refractivity contribution in [1.29, 1.82) is 0 Å². The number of benzene rings is 1. The smallest absolute Gasteiger partial charge is 0.273 e. The molecule has 1 aliphatic heterocycles. The van der Waals surface area contributed by atoms with Crippen molar-refractivity contribution in [2.45, 2.75) is 12.8 Å². The molecule has 2 aromatic rings.